The van der Waals surface area contributed by atoms with Crippen LogP contribution in [0.2, 0.25) is 0 Å². The maximum Gasteiger partial charge on any atom is 0.218 e. The first-order valence-corrected chi connectivity index (χ1v) is 17.9. The molecule has 4 nitrogen and oxygen atoms in total. The number of rotatable bonds is 22. The van der Waals surface area contributed by atoms with E-state index in [0.29, 0.717) is 13.1 Å². The number of unbranched alkanes of at least 4 members (excludes halogenated alkanes) is 14. The summed E-state index contributed by atoms with van der Waals surface area (Å²) in [5, 5.41) is 0. The molecule has 0 N–H and O–H groups in total. The van der Waals surface area contributed by atoms with Crippen molar-refractivity contribution in [2.75, 3.05) is 30.3 Å². The van der Waals surface area contributed by atoms with Gasteiger partial charge in [-0.15, -0.1) is 0 Å². The Morgan fingerprint density at radius 1 is 0.692 bits per heavy atom. The molecular formula is C34H60N2O2S. The van der Waals surface area contributed by atoms with Crippen LogP contribution in [0.1, 0.15) is 143 Å². The first-order chi connectivity index (χ1) is 18.8. The van der Waals surface area contributed by atoms with Crippen molar-refractivity contribution in [3.63, 3.8) is 0 Å². The van der Waals surface area contributed by atoms with Gasteiger partial charge in [0.1, 0.15) is 0 Å². The zero-order valence-corrected chi connectivity index (χ0v) is 27.0. The Hall–Kier alpha value is -1.33. The quantitative estimate of drug-likeness (QED) is 0.133. The van der Waals surface area contributed by atoms with E-state index in [0.717, 1.165) is 49.1 Å². The van der Waals surface area contributed by atoms with E-state index < -0.39 is 10.0 Å². The molecule has 0 unspecified atom stereocenters. The normalized spacial score (nSPS) is 15.0. The second-order valence-electron chi connectivity index (χ2n) is 12.2. The molecule has 0 amide bonds. The molecule has 0 aromatic heterocycles. The molecular weight excluding hydrogens is 500 g/mol. The molecule has 5 heteroatoms. The number of hydrogen-bond acceptors (Lipinski definition) is 3. The third-order valence-electron chi connectivity index (χ3n) is 8.33. The van der Waals surface area contributed by atoms with Crippen molar-refractivity contribution >= 4 is 21.3 Å². The van der Waals surface area contributed by atoms with Crippen LogP contribution in [0.5, 0.6) is 0 Å². The van der Waals surface area contributed by atoms with Gasteiger partial charge in [0.2, 0.25) is 10.0 Å². The summed E-state index contributed by atoms with van der Waals surface area (Å²) in [6, 6.07) is 8.32. The topological polar surface area (TPSA) is 40.6 Å². The lowest BCUT2D eigenvalue weighted by molar-refractivity contribution is 0.384. The number of nitrogens with zero attached hydrogens (tertiary/aromatic N) is 2. The number of hydrogen-bond donors (Lipinski definition) is 0. The Bertz CT molecular complexity index is 918. The van der Waals surface area contributed by atoms with E-state index in [9.17, 15) is 8.42 Å². The van der Waals surface area contributed by atoms with Crippen LogP contribution in [0, 0.1) is 0 Å². The molecule has 224 valence electrons. The van der Waals surface area contributed by atoms with Crippen molar-refractivity contribution in [1.29, 1.82) is 0 Å². The molecule has 2 rings (SSSR count). The third kappa shape index (κ3) is 11.6. The monoisotopic (exact) mass is 560 g/mol. The second-order valence-corrected chi connectivity index (χ2v) is 14.2. The predicted octanol–water partition coefficient (Wildman–Crippen LogP) is 9.60. The Kier molecular flexibility index (Phi) is 15.8. The Balaban J connectivity index is 2.04. The van der Waals surface area contributed by atoms with Crippen LogP contribution in [-0.4, -0.2) is 43.6 Å². The summed E-state index contributed by atoms with van der Waals surface area (Å²) in [7, 11) is -3.40. The molecule has 39 heavy (non-hydrogen) atoms. The average molecular weight is 561 g/mol. The summed E-state index contributed by atoms with van der Waals surface area (Å²) in [6.45, 7) is 13.3. The molecule has 1 aromatic carbocycles. The lowest BCUT2D eigenvalue weighted by atomic mass is 9.89. The van der Waals surface area contributed by atoms with E-state index in [2.05, 4.69) is 63.8 Å². The maximum atomic E-state index is 13.9. The fourth-order valence-corrected chi connectivity index (χ4v) is 7.72. The number of fused-ring (bicyclic) bond motifs is 1. The van der Waals surface area contributed by atoms with Crippen molar-refractivity contribution < 1.29 is 8.42 Å². The molecule has 0 saturated carbocycles. The van der Waals surface area contributed by atoms with Gasteiger partial charge in [0.05, 0.1) is 11.3 Å². The summed E-state index contributed by atoms with van der Waals surface area (Å²) in [5.41, 5.74) is 2.96. The number of likely N-dealkylation sites (N-methyl/N-ethyl adjacent to an activating group) is 1. The molecule has 1 aliphatic rings. The zero-order valence-electron chi connectivity index (χ0n) is 26.1. The molecule has 0 radical (unpaired) electrons. The van der Waals surface area contributed by atoms with Crippen LogP contribution in [0.4, 0.5) is 5.69 Å². The molecule has 0 fully saturated rings. The maximum absolute atomic E-state index is 13.9. The molecule has 0 bridgehead atoms. The Morgan fingerprint density at radius 3 is 1.64 bits per heavy atom. The minimum Gasteiger partial charge on any atom is -0.363 e. The SMILES string of the molecule is CCCCCCCCCCN(CCCCCCCCCC)S(=O)(=O)CC1=CC(C)(C)N(CC)c2ccccc21. The minimum absolute atomic E-state index is 0.0963. The summed E-state index contributed by atoms with van der Waals surface area (Å²) < 4.78 is 29.7. The highest BCUT2D eigenvalue weighted by Gasteiger charge is 2.33. The van der Waals surface area contributed by atoms with E-state index in [4.69, 9.17) is 0 Å². The third-order valence-corrected chi connectivity index (χ3v) is 10.2. The van der Waals surface area contributed by atoms with Crippen LogP contribution in [0.25, 0.3) is 5.57 Å². The minimum atomic E-state index is -3.40. The van der Waals surface area contributed by atoms with Gasteiger partial charge in [0, 0.05) is 30.9 Å². The number of para-hydroxylation sites is 1. The van der Waals surface area contributed by atoms with Crippen molar-refractivity contribution in [1.82, 2.24) is 4.31 Å². The smallest absolute Gasteiger partial charge is 0.218 e. The van der Waals surface area contributed by atoms with E-state index >= 15 is 0 Å². The van der Waals surface area contributed by atoms with Gasteiger partial charge in [-0.25, -0.2) is 12.7 Å². The lowest BCUT2D eigenvalue weighted by Gasteiger charge is -2.43. The lowest BCUT2D eigenvalue weighted by Crippen LogP contribution is -2.45. The molecule has 1 aromatic rings. The Morgan fingerprint density at radius 2 is 1.15 bits per heavy atom. The first kappa shape index (κ1) is 33.9. The molecule has 1 aliphatic heterocycles. The first-order valence-electron chi connectivity index (χ1n) is 16.3. The fourth-order valence-electron chi connectivity index (χ4n) is 6.09. The van der Waals surface area contributed by atoms with E-state index in [-0.39, 0.29) is 11.3 Å². The van der Waals surface area contributed by atoms with E-state index in [1.807, 2.05) is 10.4 Å². The van der Waals surface area contributed by atoms with Crippen molar-refractivity contribution in [3.05, 3.63) is 35.9 Å². The van der Waals surface area contributed by atoms with Gasteiger partial charge in [-0.2, -0.15) is 0 Å². The number of sulfonamides is 1. The average Bonchev–Trinajstić information content (AvgIpc) is 2.89. The van der Waals surface area contributed by atoms with Crippen LogP contribution in [-0.2, 0) is 10.0 Å². The summed E-state index contributed by atoms with van der Waals surface area (Å²) >= 11 is 0. The number of anilines is 1. The molecule has 0 spiro atoms. The highest BCUT2D eigenvalue weighted by Crippen LogP contribution is 2.39. The molecule has 0 aliphatic carbocycles. The van der Waals surface area contributed by atoms with Crippen molar-refractivity contribution in [2.24, 2.45) is 0 Å². The second kappa shape index (κ2) is 18.2. The standard InChI is InChI=1S/C34H60N2O2S/c1-6-9-11-13-15-17-19-23-27-35(28-24-20-18-16-14-12-10-7-2)39(37,38)30-31-29-34(4,5)36(8-3)33-26-22-21-25-32(31)33/h21-22,25-26,29H,6-20,23-24,27-28,30H2,1-5H3. The van der Waals surface area contributed by atoms with Gasteiger partial charge in [0.15, 0.2) is 0 Å². The zero-order chi connectivity index (χ0) is 28.6. The highest BCUT2D eigenvalue weighted by molar-refractivity contribution is 7.89. The van der Waals surface area contributed by atoms with E-state index in [1.54, 1.807) is 0 Å². The largest absolute Gasteiger partial charge is 0.363 e. The Labute approximate surface area is 242 Å². The highest BCUT2D eigenvalue weighted by atomic mass is 32.2. The van der Waals surface area contributed by atoms with Crippen LogP contribution in [0.3, 0.4) is 0 Å². The molecule has 0 atom stereocenters. The predicted molar refractivity (Wildman–Crippen MR) is 172 cm³/mol. The summed E-state index contributed by atoms with van der Waals surface area (Å²) in [4.78, 5) is 2.37. The van der Waals surface area contributed by atoms with Gasteiger partial charge in [0.25, 0.3) is 0 Å². The van der Waals surface area contributed by atoms with Gasteiger partial charge < -0.3 is 4.90 Å². The van der Waals surface area contributed by atoms with Crippen LogP contribution >= 0.6 is 0 Å². The van der Waals surface area contributed by atoms with Crippen LogP contribution in [0.15, 0.2) is 30.3 Å². The van der Waals surface area contributed by atoms with Crippen molar-refractivity contribution in [2.45, 2.75) is 143 Å². The number of benzene rings is 1. The van der Waals surface area contributed by atoms with Gasteiger partial charge in [-0.1, -0.05) is 128 Å². The molecule has 0 saturated heterocycles. The van der Waals surface area contributed by atoms with Crippen molar-refractivity contribution in [3.8, 4) is 0 Å². The van der Waals surface area contributed by atoms with Gasteiger partial charge in [-0.3, -0.25) is 0 Å². The van der Waals surface area contributed by atoms with Gasteiger partial charge in [-0.05, 0) is 45.3 Å². The fraction of sp³-hybridized carbons (Fsp3) is 0.765. The van der Waals surface area contributed by atoms with Gasteiger partial charge >= 0.3 is 0 Å². The summed E-state index contributed by atoms with van der Waals surface area (Å²) in [6.07, 6.45) is 21.9. The van der Waals surface area contributed by atoms with Crippen LogP contribution < -0.4 is 4.90 Å². The van der Waals surface area contributed by atoms with E-state index in [1.165, 1.54) is 77.0 Å². The molecule has 1 heterocycles. The summed E-state index contributed by atoms with van der Waals surface area (Å²) in [5.74, 6) is 0.0963.